The molecule has 2 heterocycles. The maximum absolute atomic E-state index is 12.8. The van der Waals surface area contributed by atoms with E-state index >= 15 is 0 Å². The molecule has 0 radical (unpaired) electrons. The van der Waals surface area contributed by atoms with Crippen molar-refractivity contribution in [1.82, 2.24) is 15.0 Å². The summed E-state index contributed by atoms with van der Waals surface area (Å²) in [5.74, 6) is 0.857. The minimum atomic E-state index is -0.261. The zero-order valence-corrected chi connectivity index (χ0v) is 16.7. The molecule has 0 aliphatic rings. The van der Waals surface area contributed by atoms with Gasteiger partial charge in [0.1, 0.15) is 17.3 Å². The Balaban J connectivity index is 1.78. The van der Waals surface area contributed by atoms with E-state index in [0.717, 1.165) is 16.9 Å². The van der Waals surface area contributed by atoms with E-state index in [4.69, 9.17) is 0 Å². The number of hydrogen-bond acceptors (Lipinski definition) is 5. The second-order valence-electron chi connectivity index (χ2n) is 7.61. The lowest BCUT2D eigenvalue weighted by Gasteiger charge is -2.23. The van der Waals surface area contributed by atoms with Crippen LogP contribution in [0.4, 0.5) is 11.5 Å². The summed E-state index contributed by atoms with van der Waals surface area (Å²) >= 11 is 0. The van der Waals surface area contributed by atoms with Gasteiger partial charge in [0.25, 0.3) is 5.91 Å². The predicted octanol–water partition coefficient (Wildman–Crippen LogP) is 4.34. The molecule has 0 unspecified atom stereocenters. The largest absolute Gasteiger partial charge is 0.364 e. The molecule has 0 saturated heterocycles. The summed E-state index contributed by atoms with van der Waals surface area (Å²) in [7, 11) is 0. The van der Waals surface area contributed by atoms with Gasteiger partial charge in [-0.1, -0.05) is 45.0 Å². The van der Waals surface area contributed by atoms with Crippen LogP contribution in [-0.2, 0) is 12.0 Å². The zero-order chi connectivity index (χ0) is 20.1. The molecule has 0 bridgehead atoms. The van der Waals surface area contributed by atoms with E-state index < -0.39 is 0 Å². The molecular weight excluding hydrogens is 350 g/mol. The molecule has 6 nitrogen and oxygen atoms in total. The number of pyridine rings is 1. The number of para-hydroxylation sites is 1. The van der Waals surface area contributed by atoms with Crippen molar-refractivity contribution in [2.24, 2.45) is 0 Å². The number of carbonyl (C=O) groups is 1. The predicted molar refractivity (Wildman–Crippen MR) is 111 cm³/mol. The molecule has 2 N–H and O–H groups in total. The second-order valence-corrected chi connectivity index (χ2v) is 7.61. The fraction of sp³-hybridized carbons (Fsp3) is 0.273. The number of benzene rings is 1. The van der Waals surface area contributed by atoms with Crippen LogP contribution < -0.4 is 10.6 Å². The minimum Gasteiger partial charge on any atom is -0.364 e. The molecule has 3 rings (SSSR count). The number of carbonyl (C=O) groups excluding carboxylic acids is 1. The van der Waals surface area contributed by atoms with Crippen LogP contribution in [0.2, 0.25) is 0 Å². The molecule has 0 spiro atoms. The highest BCUT2D eigenvalue weighted by Gasteiger charge is 2.19. The zero-order valence-electron chi connectivity index (χ0n) is 16.7. The number of amides is 1. The first-order valence-corrected chi connectivity index (χ1v) is 9.23. The van der Waals surface area contributed by atoms with E-state index in [9.17, 15) is 4.79 Å². The number of aromatic nitrogens is 3. The van der Waals surface area contributed by atoms with Crippen molar-refractivity contribution in [3.05, 3.63) is 77.5 Å². The average Bonchev–Trinajstić information content (AvgIpc) is 2.66. The molecule has 0 atom stereocenters. The Morgan fingerprint density at radius 1 is 1.04 bits per heavy atom. The number of aryl methyl sites for hydroxylation is 1. The lowest BCUT2D eigenvalue weighted by molar-refractivity contribution is 0.102. The third-order valence-electron chi connectivity index (χ3n) is 4.23. The van der Waals surface area contributed by atoms with Gasteiger partial charge < -0.3 is 10.6 Å². The van der Waals surface area contributed by atoms with Crippen LogP contribution >= 0.6 is 0 Å². The lowest BCUT2D eigenvalue weighted by Crippen LogP contribution is -2.20. The first-order valence-electron chi connectivity index (χ1n) is 9.23. The van der Waals surface area contributed by atoms with Crippen LogP contribution in [-0.4, -0.2) is 20.9 Å². The van der Waals surface area contributed by atoms with Gasteiger partial charge in [-0.05, 0) is 36.1 Å². The number of nitrogens with zero attached hydrogens (tertiary/aromatic N) is 3. The van der Waals surface area contributed by atoms with Gasteiger partial charge in [0.15, 0.2) is 0 Å². The van der Waals surface area contributed by atoms with Gasteiger partial charge in [-0.15, -0.1) is 0 Å². The Morgan fingerprint density at radius 3 is 2.50 bits per heavy atom. The summed E-state index contributed by atoms with van der Waals surface area (Å²) in [5.41, 5.74) is 2.99. The van der Waals surface area contributed by atoms with Gasteiger partial charge in [-0.25, -0.2) is 9.97 Å². The number of rotatable bonds is 5. The van der Waals surface area contributed by atoms with Crippen LogP contribution in [0.3, 0.4) is 0 Å². The maximum atomic E-state index is 12.8. The van der Waals surface area contributed by atoms with Crippen molar-refractivity contribution in [1.29, 1.82) is 0 Å². The van der Waals surface area contributed by atoms with E-state index in [1.165, 1.54) is 0 Å². The molecule has 0 aliphatic heterocycles. The van der Waals surface area contributed by atoms with E-state index in [1.54, 1.807) is 19.2 Å². The maximum Gasteiger partial charge on any atom is 0.274 e. The lowest BCUT2D eigenvalue weighted by atomic mass is 9.86. The third-order valence-corrected chi connectivity index (χ3v) is 4.23. The molecule has 0 fully saturated rings. The Hall–Kier alpha value is -3.28. The number of anilines is 2. The molecule has 1 aromatic carbocycles. The van der Waals surface area contributed by atoms with Crippen molar-refractivity contribution < 1.29 is 4.79 Å². The van der Waals surface area contributed by atoms with Crippen LogP contribution in [0, 0.1) is 6.92 Å². The topological polar surface area (TPSA) is 79.8 Å². The van der Waals surface area contributed by atoms with Crippen LogP contribution in [0.5, 0.6) is 0 Å². The van der Waals surface area contributed by atoms with Crippen LogP contribution in [0.25, 0.3) is 0 Å². The normalized spacial score (nSPS) is 11.1. The fourth-order valence-corrected chi connectivity index (χ4v) is 2.89. The van der Waals surface area contributed by atoms with E-state index in [1.807, 2.05) is 42.5 Å². The van der Waals surface area contributed by atoms with Crippen molar-refractivity contribution in [2.45, 2.75) is 39.7 Å². The first-order chi connectivity index (χ1) is 13.3. The first kappa shape index (κ1) is 19.5. The Kier molecular flexibility index (Phi) is 5.68. The van der Waals surface area contributed by atoms with E-state index in [2.05, 4.69) is 46.4 Å². The highest BCUT2D eigenvalue weighted by Crippen LogP contribution is 2.29. The summed E-state index contributed by atoms with van der Waals surface area (Å²) in [6, 6.07) is 15.2. The van der Waals surface area contributed by atoms with Gasteiger partial charge >= 0.3 is 0 Å². The van der Waals surface area contributed by atoms with Gasteiger partial charge in [0, 0.05) is 18.0 Å². The summed E-state index contributed by atoms with van der Waals surface area (Å²) in [6.07, 6.45) is 1.74. The highest BCUT2D eigenvalue weighted by atomic mass is 16.1. The van der Waals surface area contributed by atoms with E-state index in [-0.39, 0.29) is 11.3 Å². The molecule has 6 heteroatoms. The summed E-state index contributed by atoms with van der Waals surface area (Å²) in [4.78, 5) is 25.8. The fourth-order valence-electron chi connectivity index (χ4n) is 2.89. The molecule has 0 saturated carbocycles. The van der Waals surface area contributed by atoms with Gasteiger partial charge in [-0.3, -0.25) is 9.78 Å². The minimum absolute atomic E-state index is 0.0825. The molecule has 28 heavy (non-hydrogen) atoms. The molecule has 0 aliphatic carbocycles. The summed E-state index contributed by atoms with van der Waals surface area (Å²) in [6.45, 7) is 8.64. The molecule has 1 amide bonds. The molecular formula is C22H25N5O. The molecule has 3 aromatic rings. The smallest absolute Gasteiger partial charge is 0.274 e. The summed E-state index contributed by atoms with van der Waals surface area (Å²) in [5, 5.41) is 6.20. The third kappa shape index (κ3) is 4.91. The number of nitrogens with one attached hydrogen (secondary N) is 2. The monoisotopic (exact) mass is 375 g/mol. The standard InChI is InChI=1S/C22H25N5O/c1-15-25-19(13-20(26-15)24-14-16-9-7-8-12-23-16)21(28)27-18-11-6-5-10-17(18)22(2,3)4/h5-13H,14H2,1-4H3,(H,27,28)(H,24,25,26). The van der Waals surface area contributed by atoms with Crippen LogP contribution in [0.15, 0.2) is 54.7 Å². The quantitative estimate of drug-likeness (QED) is 0.693. The van der Waals surface area contributed by atoms with Crippen molar-refractivity contribution in [2.75, 3.05) is 10.6 Å². The summed E-state index contributed by atoms with van der Waals surface area (Å²) < 4.78 is 0. The van der Waals surface area contributed by atoms with Gasteiger partial charge in [-0.2, -0.15) is 0 Å². The average molecular weight is 375 g/mol. The van der Waals surface area contributed by atoms with Gasteiger partial charge in [0.05, 0.1) is 12.2 Å². The Bertz CT molecular complexity index is 964. The molecule has 144 valence electrons. The second kappa shape index (κ2) is 8.17. The number of hydrogen-bond donors (Lipinski definition) is 2. The van der Waals surface area contributed by atoms with Crippen molar-refractivity contribution >= 4 is 17.4 Å². The van der Waals surface area contributed by atoms with Crippen molar-refractivity contribution in [3.8, 4) is 0 Å². The highest BCUT2D eigenvalue weighted by molar-refractivity contribution is 6.03. The Morgan fingerprint density at radius 2 is 1.79 bits per heavy atom. The SMILES string of the molecule is Cc1nc(NCc2ccccn2)cc(C(=O)Nc2ccccc2C(C)(C)C)n1. The van der Waals surface area contributed by atoms with E-state index in [0.29, 0.717) is 23.9 Å². The molecule has 2 aromatic heterocycles. The van der Waals surface area contributed by atoms with Crippen molar-refractivity contribution in [3.63, 3.8) is 0 Å². The van der Waals surface area contributed by atoms with Gasteiger partial charge in [0.2, 0.25) is 0 Å². The van der Waals surface area contributed by atoms with Crippen LogP contribution in [0.1, 0.15) is 48.3 Å². The Labute approximate surface area is 165 Å².